The van der Waals surface area contributed by atoms with Crippen LogP contribution in [0, 0.1) is 0 Å². The Morgan fingerprint density at radius 1 is 1.44 bits per heavy atom. The normalized spacial score (nSPS) is 10.6. The highest BCUT2D eigenvalue weighted by molar-refractivity contribution is 9.10. The summed E-state index contributed by atoms with van der Waals surface area (Å²) in [7, 11) is 1.93. The Balaban J connectivity index is 2.18. The summed E-state index contributed by atoms with van der Waals surface area (Å²) in [6.07, 6.45) is 2.85. The van der Waals surface area contributed by atoms with Gasteiger partial charge in [-0.3, -0.25) is 0 Å². The summed E-state index contributed by atoms with van der Waals surface area (Å²) in [5.41, 5.74) is 2.01. The fourth-order valence-electron chi connectivity index (χ4n) is 1.41. The molecule has 1 aromatic carbocycles. The highest BCUT2D eigenvalue weighted by Crippen LogP contribution is 2.14. The molecular weight excluding hydrogens is 268 g/mol. The first kappa shape index (κ1) is 11.3. The molecule has 0 atom stereocenters. The Labute approximate surface area is 103 Å². The molecule has 16 heavy (non-hydrogen) atoms. The predicted molar refractivity (Wildman–Crippen MR) is 66.7 cm³/mol. The smallest absolute Gasteiger partial charge is 0.0844 e. The molecule has 4 nitrogen and oxygen atoms in total. The molecule has 0 amide bonds. The maximum atomic E-state index is 4.12. The van der Waals surface area contributed by atoms with Gasteiger partial charge in [0.1, 0.15) is 0 Å². The lowest BCUT2D eigenvalue weighted by atomic mass is 10.3. The Bertz CT molecular complexity index is 467. The van der Waals surface area contributed by atoms with Crippen LogP contribution < -0.4 is 5.32 Å². The zero-order chi connectivity index (χ0) is 11.4. The lowest BCUT2D eigenvalue weighted by Crippen LogP contribution is -2.10. The number of nitrogens with one attached hydrogen (secondary N) is 1. The number of halogens is 1. The van der Waals surface area contributed by atoms with Crippen LogP contribution in [0.15, 0.2) is 34.9 Å². The van der Waals surface area contributed by atoms with Crippen LogP contribution in [-0.2, 0) is 6.42 Å². The van der Waals surface area contributed by atoms with Crippen molar-refractivity contribution in [3.63, 3.8) is 0 Å². The first-order valence-corrected chi connectivity index (χ1v) is 5.90. The van der Waals surface area contributed by atoms with Gasteiger partial charge in [-0.05, 0) is 25.2 Å². The third kappa shape index (κ3) is 2.68. The van der Waals surface area contributed by atoms with E-state index in [9.17, 15) is 0 Å². The molecular formula is C11H13BrN4. The van der Waals surface area contributed by atoms with Crippen molar-refractivity contribution in [2.75, 3.05) is 13.6 Å². The Hall–Kier alpha value is -1.20. The third-order valence-corrected chi connectivity index (χ3v) is 2.74. The largest absolute Gasteiger partial charge is 0.319 e. The molecule has 84 valence electrons. The van der Waals surface area contributed by atoms with Crippen molar-refractivity contribution < 1.29 is 0 Å². The van der Waals surface area contributed by atoms with Crippen molar-refractivity contribution in [1.82, 2.24) is 20.3 Å². The topological polar surface area (TPSA) is 42.7 Å². The van der Waals surface area contributed by atoms with Gasteiger partial charge in [-0.2, -0.15) is 0 Å². The minimum atomic E-state index is 0.893. The van der Waals surface area contributed by atoms with Gasteiger partial charge in [0, 0.05) is 17.4 Å². The third-order valence-electron chi connectivity index (χ3n) is 2.24. The lowest BCUT2D eigenvalue weighted by molar-refractivity contribution is 0.762. The summed E-state index contributed by atoms with van der Waals surface area (Å²) in [5.74, 6) is 0. The number of rotatable bonds is 4. The molecule has 0 bridgehead atoms. The van der Waals surface area contributed by atoms with Crippen LogP contribution >= 0.6 is 15.9 Å². The molecule has 0 aliphatic heterocycles. The van der Waals surface area contributed by atoms with Crippen LogP contribution in [0.25, 0.3) is 5.69 Å². The van der Waals surface area contributed by atoms with Crippen molar-refractivity contribution in [1.29, 1.82) is 0 Å². The van der Waals surface area contributed by atoms with E-state index >= 15 is 0 Å². The number of likely N-dealkylation sites (N-methyl/N-ethyl adjacent to an activating group) is 1. The van der Waals surface area contributed by atoms with Gasteiger partial charge in [-0.25, -0.2) is 4.68 Å². The maximum absolute atomic E-state index is 4.12. The van der Waals surface area contributed by atoms with E-state index in [1.165, 1.54) is 0 Å². The number of hydrogen-bond acceptors (Lipinski definition) is 3. The summed E-state index contributed by atoms with van der Waals surface area (Å²) in [6.45, 7) is 0.914. The minimum absolute atomic E-state index is 0.893. The van der Waals surface area contributed by atoms with Gasteiger partial charge >= 0.3 is 0 Å². The van der Waals surface area contributed by atoms with Crippen molar-refractivity contribution in [3.8, 4) is 5.69 Å². The molecule has 1 heterocycles. The number of benzene rings is 1. The Morgan fingerprint density at radius 3 is 3.06 bits per heavy atom. The Morgan fingerprint density at radius 2 is 2.31 bits per heavy atom. The number of aromatic nitrogens is 3. The average Bonchev–Trinajstić information content (AvgIpc) is 2.75. The lowest BCUT2D eigenvalue weighted by Gasteiger charge is -1.99. The van der Waals surface area contributed by atoms with Crippen LogP contribution in [0.4, 0.5) is 0 Å². The molecule has 2 aromatic rings. The van der Waals surface area contributed by atoms with Crippen molar-refractivity contribution in [3.05, 3.63) is 40.6 Å². The van der Waals surface area contributed by atoms with E-state index in [0.717, 1.165) is 28.8 Å². The molecule has 0 saturated carbocycles. The van der Waals surface area contributed by atoms with Gasteiger partial charge in [0.2, 0.25) is 0 Å². The molecule has 2 rings (SSSR count). The van der Waals surface area contributed by atoms with Gasteiger partial charge in [0.05, 0.1) is 17.6 Å². The Kier molecular flexibility index (Phi) is 3.69. The summed E-state index contributed by atoms with van der Waals surface area (Å²) < 4.78 is 2.83. The van der Waals surface area contributed by atoms with Gasteiger partial charge in [-0.1, -0.05) is 27.2 Å². The molecule has 0 radical (unpaired) electrons. The van der Waals surface area contributed by atoms with E-state index in [1.807, 2.05) is 37.5 Å². The van der Waals surface area contributed by atoms with Crippen molar-refractivity contribution >= 4 is 15.9 Å². The van der Waals surface area contributed by atoms with E-state index in [0.29, 0.717) is 0 Å². The molecule has 0 fully saturated rings. The summed E-state index contributed by atoms with van der Waals surface area (Å²) in [4.78, 5) is 0. The fourth-order valence-corrected chi connectivity index (χ4v) is 1.80. The van der Waals surface area contributed by atoms with E-state index in [2.05, 4.69) is 31.6 Å². The van der Waals surface area contributed by atoms with E-state index < -0.39 is 0 Å². The first-order valence-electron chi connectivity index (χ1n) is 5.11. The molecule has 5 heteroatoms. The van der Waals surface area contributed by atoms with Crippen LogP contribution in [0.2, 0.25) is 0 Å². The predicted octanol–water partition coefficient (Wildman–Crippen LogP) is 1.79. The quantitative estimate of drug-likeness (QED) is 0.929. The molecule has 0 spiro atoms. The molecule has 1 aromatic heterocycles. The number of nitrogens with zero attached hydrogens (tertiary/aromatic N) is 3. The molecule has 0 aliphatic carbocycles. The zero-order valence-electron chi connectivity index (χ0n) is 9.02. The summed E-state index contributed by atoms with van der Waals surface area (Å²) in [5, 5.41) is 11.3. The summed E-state index contributed by atoms with van der Waals surface area (Å²) >= 11 is 3.44. The van der Waals surface area contributed by atoms with Crippen molar-refractivity contribution in [2.24, 2.45) is 0 Å². The van der Waals surface area contributed by atoms with Crippen LogP contribution in [0.3, 0.4) is 0 Å². The summed E-state index contributed by atoms with van der Waals surface area (Å²) in [6, 6.07) is 7.98. The molecule has 1 N–H and O–H groups in total. The van der Waals surface area contributed by atoms with E-state index in [4.69, 9.17) is 0 Å². The van der Waals surface area contributed by atoms with Crippen molar-refractivity contribution in [2.45, 2.75) is 6.42 Å². The highest BCUT2D eigenvalue weighted by Gasteiger charge is 2.02. The molecule has 0 aliphatic rings. The van der Waals surface area contributed by atoms with Crippen LogP contribution in [0.5, 0.6) is 0 Å². The fraction of sp³-hybridized carbons (Fsp3) is 0.273. The second-order valence-corrected chi connectivity index (χ2v) is 4.40. The second-order valence-electron chi connectivity index (χ2n) is 3.49. The van der Waals surface area contributed by atoms with Gasteiger partial charge in [0.25, 0.3) is 0 Å². The SMILES string of the molecule is CNCCc1cn(-c2cccc(Br)c2)nn1. The standard InChI is InChI=1S/C11H13BrN4/c1-13-6-5-10-8-16(15-14-10)11-4-2-3-9(12)7-11/h2-4,7-8,13H,5-6H2,1H3. The van der Waals surface area contributed by atoms with Crippen LogP contribution in [-0.4, -0.2) is 28.6 Å². The van der Waals surface area contributed by atoms with Gasteiger partial charge in [-0.15, -0.1) is 5.10 Å². The van der Waals surface area contributed by atoms with E-state index in [-0.39, 0.29) is 0 Å². The van der Waals surface area contributed by atoms with E-state index in [1.54, 1.807) is 4.68 Å². The number of hydrogen-bond donors (Lipinski definition) is 1. The monoisotopic (exact) mass is 280 g/mol. The highest BCUT2D eigenvalue weighted by atomic mass is 79.9. The first-order chi connectivity index (χ1) is 7.79. The maximum Gasteiger partial charge on any atom is 0.0844 e. The zero-order valence-corrected chi connectivity index (χ0v) is 10.6. The van der Waals surface area contributed by atoms with Crippen LogP contribution in [0.1, 0.15) is 5.69 Å². The molecule has 0 unspecified atom stereocenters. The van der Waals surface area contributed by atoms with Gasteiger partial charge < -0.3 is 5.32 Å². The van der Waals surface area contributed by atoms with Gasteiger partial charge in [0.15, 0.2) is 0 Å². The minimum Gasteiger partial charge on any atom is -0.319 e. The molecule has 0 saturated heterocycles. The average molecular weight is 281 g/mol. The second kappa shape index (κ2) is 5.23.